The SMILES string of the molecule is CC(C)n1nccc1NC(=O)[C@H](C)OC(=O)c1ccccc1NC(=O)c1ccco1. The third kappa shape index (κ3) is 4.75. The van der Waals surface area contributed by atoms with Crippen molar-refractivity contribution >= 4 is 29.3 Å². The number of ether oxygens (including phenoxy) is 1. The Kier molecular flexibility index (Phi) is 6.31. The summed E-state index contributed by atoms with van der Waals surface area (Å²) >= 11 is 0. The van der Waals surface area contributed by atoms with Gasteiger partial charge in [0.05, 0.1) is 23.7 Å². The molecule has 0 saturated carbocycles. The number of hydrogen-bond acceptors (Lipinski definition) is 6. The molecule has 2 amide bonds. The molecule has 0 fully saturated rings. The molecule has 2 aromatic heterocycles. The topological polar surface area (TPSA) is 115 Å². The van der Waals surface area contributed by atoms with E-state index in [0.29, 0.717) is 5.82 Å². The van der Waals surface area contributed by atoms with Crippen molar-refractivity contribution in [2.24, 2.45) is 0 Å². The Morgan fingerprint density at radius 1 is 1.03 bits per heavy atom. The number of nitrogens with zero attached hydrogens (tertiary/aromatic N) is 2. The minimum atomic E-state index is -1.07. The lowest BCUT2D eigenvalue weighted by molar-refractivity contribution is -0.123. The molecule has 3 aromatic rings. The maximum Gasteiger partial charge on any atom is 0.341 e. The van der Waals surface area contributed by atoms with E-state index in [1.54, 1.807) is 41.2 Å². The van der Waals surface area contributed by atoms with Gasteiger partial charge in [-0.3, -0.25) is 9.59 Å². The molecule has 2 N–H and O–H groups in total. The predicted molar refractivity (Wildman–Crippen MR) is 109 cm³/mol. The van der Waals surface area contributed by atoms with Gasteiger partial charge in [0, 0.05) is 12.1 Å². The molecule has 30 heavy (non-hydrogen) atoms. The molecule has 0 aliphatic carbocycles. The van der Waals surface area contributed by atoms with Crippen LogP contribution in [0, 0.1) is 0 Å². The van der Waals surface area contributed by atoms with Crippen LogP contribution in [0.25, 0.3) is 0 Å². The summed E-state index contributed by atoms with van der Waals surface area (Å²) in [7, 11) is 0. The van der Waals surface area contributed by atoms with Gasteiger partial charge in [-0.25, -0.2) is 9.48 Å². The van der Waals surface area contributed by atoms with E-state index < -0.39 is 23.9 Å². The molecule has 2 heterocycles. The van der Waals surface area contributed by atoms with Crippen LogP contribution in [0.4, 0.5) is 11.5 Å². The van der Waals surface area contributed by atoms with Gasteiger partial charge in [-0.15, -0.1) is 0 Å². The fraction of sp³-hybridized carbons (Fsp3) is 0.238. The van der Waals surface area contributed by atoms with E-state index in [1.807, 2.05) is 13.8 Å². The van der Waals surface area contributed by atoms with Crippen molar-refractivity contribution in [3.63, 3.8) is 0 Å². The Morgan fingerprint density at radius 3 is 2.50 bits per heavy atom. The van der Waals surface area contributed by atoms with Gasteiger partial charge >= 0.3 is 5.97 Å². The molecule has 3 rings (SSSR count). The molecule has 0 saturated heterocycles. The standard InChI is InChI=1S/C21H22N4O5/c1-13(2)25-18(10-11-22-25)24-19(26)14(3)30-21(28)15-7-4-5-8-16(15)23-20(27)17-9-6-12-29-17/h4-14H,1-3H3,(H,23,27)(H,24,26)/t14-/m0/s1. The summed E-state index contributed by atoms with van der Waals surface area (Å²) in [5.74, 6) is -1.14. The van der Waals surface area contributed by atoms with Crippen LogP contribution in [0.5, 0.6) is 0 Å². The van der Waals surface area contributed by atoms with Crippen LogP contribution in [-0.2, 0) is 9.53 Å². The number of carbonyl (C=O) groups is 3. The van der Waals surface area contributed by atoms with E-state index in [1.165, 1.54) is 25.3 Å². The minimum absolute atomic E-state index is 0.0535. The molecule has 9 heteroatoms. The number of hydrogen-bond donors (Lipinski definition) is 2. The molecule has 9 nitrogen and oxygen atoms in total. The minimum Gasteiger partial charge on any atom is -0.459 e. The van der Waals surface area contributed by atoms with Crippen LogP contribution >= 0.6 is 0 Å². The van der Waals surface area contributed by atoms with Gasteiger partial charge in [-0.1, -0.05) is 12.1 Å². The van der Waals surface area contributed by atoms with Crippen molar-refractivity contribution in [3.05, 3.63) is 66.2 Å². The maximum absolute atomic E-state index is 12.6. The fourth-order valence-corrected chi connectivity index (χ4v) is 2.69. The number of furan rings is 1. The van der Waals surface area contributed by atoms with Gasteiger partial charge in [0.2, 0.25) is 0 Å². The normalized spacial score (nSPS) is 11.7. The van der Waals surface area contributed by atoms with Gasteiger partial charge in [-0.05, 0) is 45.0 Å². The number of anilines is 2. The first kappa shape index (κ1) is 20.8. The number of benzene rings is 1. The summed E-state index contributed by atoms with van der Waals surface area (Å²) in [6.45, 7) is 5.33. The van der Waals surface area contributed by atoms with Crippen LogP contribution in [-0.4, -0.2) is 33.7 Å². The highest BCUT2D eigenvalue weighted by molar-refractivity contribution is 6.07. The van der Waals surface area contributed by atoms with Crippen molar-refractivity contribution in [3.8, 4) is 0 Å². The third-order valence-electron chi connectivity index (χ3n) is 4.20. The first-order valence-corrected chi connectivity index (χ1v) is 9.36. The third-order valence-corrected chi connectivity index (χ3v) is 4.20. The Balaban J connectivity index is 1.67. The van der Waals surface area contributed by atoms with Gasteiger partial charge in [0.15, 0.2) is 11.9 Å². The van der Waals surface area contributed by atoms with Gasteiger partial charge < -0.3 is 19.8 Å². The Bertz CT molecular complexity index is 1040. The summed E-state index contributed by atoms with van der Waals surface area (Å²) in [5.41, 5.74) is 0.360. The number of carbonyl (C=O) groups excluding carboxylic acids is 3. The largest absolute Gasteiger partial charge is 0.459 e. The second-order valence-electron chi connectivity index (χ2n) is 6.77. The lowest BCUT2D eigenvalue weighted by atomic mass is 10.1. The molecule has 0 unspecified atom stereocenters. The van der Waals surface area contributed by atoms with E-state index in [9.17, 15) is 14.4 Å². The number of nitrogens with one attached hydrogen (secondary N) is 2. The summed E-state index contributed by atoms with van der Waals surface area (Å²) in [4.78, 5) is 37.3. The van der Waals surface area contributed by atoms with Gasteiger partial charge in [0.1, 0.15) is 5.82 Å². The summed E-state index contributed by atoms with van der Waals surface area (Å²) in [5, 5.41) is 9.45. The zero-order chi connectivity index (χ0) is 21.7. The van der Waals surface area contributed by atoms with E-state index in [-0.39, 0.29) is 23.1 Å². The zero-order valence-electron chi connectivity index (χ0n) is 16.8. The average Bonchev–Trinajstić information content (AvgIpc) is 3.40. The van der Waals surface area contributed by atoms with Crippen LogP contribution in [0.3, 0.4) is 0 Å². The Hall–Kier alpha value is -3.88. The van der Waals surface area contributed by atoms with Crippen LogP contribution in [0.2, 0.25) is 0 Å². The number of esters is 1. The second kappa shape index (κ2) is 9.08. The average molecular weight is 410 g/mol. The van der Waals surface area contributed by atoms with E-state index in [0.717, 1.165) is 0 Å². The predicted octanol–water partition coefficient (Wildman–Crippen LogP) is 3.49. The zero-order valence-corrected chi connectivity index (χ0v) is 16.8. The van der Waals surface area contributed by atoms with E-state index >= 15 is 0 Å². The van der Waals surface area contributed by atoms with Crippen LogP contribution < -0.4 is 10.6 Å². The highest BCUT2D eigenvalue weighted by Gasteiger charge is 2.23. The van der Waals surface area contributed by atoms with Crippen molar-refractivity contribution in [2.45, 2.75) is 32.9 Å². The lowest BCUT2D eigenvalue weighted by Crippen LogP contribution is -2.31. The molecular formula is C21H22N4O5. The van der Waals surface area contributed by atoms with Crippen molar-refractivity contribution in [1.29, 1.82) is 0 Å². The molecule has 0 aliphatic heterocycles. The highest BCUT2D eigenvalue weighted by atomic mass is 16.5. The van der Waals surface area contributed by atoms with Crippen molar-refractivity contribution < 1.29 is 23.5 Å². The highest BCUT2D eigenvalue weighted by Crippen LogP contribution is 2.19. The summed E-state index contributed by atoms with van der Waals surface area (Å²) < 4.78 is 12.0. The van der Waals surface area contributed by atoms with Gasteiger partial charge in [0.25, 0.3) is 11.8 Å². The molecule has 0 aliphatic rings. The Labute approximate surface area is 173 Å². The number of rotatable bonds is 7. The van der Waals surface area contributed by atoms with Crippen molar-refractivity contribution in [2.75, 3.05) is 10.6 Å². The number of para-hydroxylation sites is 1. The number of aromatic nitrogens is 2. The van der Waals surface area contributed by atoms with Crippen LogP contribution in [0.1, 0.15) is 47.7 Å². The molecule has 0 spiro atoms. The lowest BCUT2D eigenvalue weighted by Gasteiger charge is -2.16. The fourth-order valence-electron chi connectivity index (χ4n) is 2.69. The Morgan fingerprint density at radius 2 is 1.80 bits per heavy atom. The van der Waals surface area contributed by atoms with E-state index in [2.05, 4.69) is 15.7 Å². The molecule has 1 atom stereocenters. The summed E-state index contributed by atoms with van der Waals surface area (Å²) in [6, 6.07) is 11.2. The van der Waals surface area contributed by atoms with E-state index in [4.69, 9.17) is 9.15 Å². The van der Waals surface area contributed by atoms with Crippen LogP contribution in [0.15, 0.2) is 59.3 Å². The maximum atomic E-state index is 12.6. The molecule has 0 radical (unpaired) electrons. The first-order valence-electron chi connectivity index (χ1n) is 9.36. The molecule has 156 valence electrons. The quantitative estimate of drug-likeness (QED) is 0.576. The monoisotopic (exact) mass is 410 g/mol. The van der Waals surface area contributed by atoms with Gasteiger partial charge in [-0.2, -0.15) is 5.10 Å². The second-order valence-corrected chi connectivity index (χ2v) is 6.77. The molecular weight excluding hydrogens is 388 g/mol. The molecule has 0 bridgehead atoms. The summed E-state index contributed by atoms with van der Waals surface area (Å²) in [6.07, 6.45) is 1.88. The van der Waals surface area contributed by atoms with Crippen molar-refractivity contribution in [1.82, 2.24) is 9.78 Å². The number of amides is 2. The smallest absolute Gasteiger partial charge is 0.341 e. The molecule has 1 aromatic carbocycles. The first-order chi connectivity index (χ1) is 14.4.